The Labute approximate surface area is 126 Å². The van der Waals surface area contributed by atoms with Crippen molar-refractivity contribution >= 4 is 5.91 Å². The van der Waals surface area contributed by atoms with Gasteiger partial charge in [-0.2, -0.15) is 0 Å². The number of benzene rings is 2. The second kappa shape index (κ2) is 7.60. The second-order valence-electron chi connectivity index (χ2n) is 4.93. The van der Waals surface area contributed by atoms with Crippen LogP contribution in [0.1, 0.15) is 34.0 Å². The van der Waals surface area contributed by atoms with Crippen molar-refractivity contribution in [3.63, 3.8) is 0 Å². The summed E-state index contributed by atoms with van der Waals surface area (Å²) in [6.07, 6.45) is 0.978. The fraction of sp³-hybridized carbons (Fsp3) is 0.278. The molecule has 0 heterocycles. The molecule has 0 saturated carbocycles. The molecule has 1 amide bonds. The van der Waals surface area contributed by atoms with E-state index in [9.17, 15) is 4.79 Å². The summed E-state index contributed by atoms with van der Waals surface area (Å²) in [6, 6.07) is 15.7. The molecule has 3 heteroatoms. The van der Waals surface area contributed by atoms with E-state index in [1.807, 2.05) is 48.5 Å². The van der Waals surface area contributed by atoms with Crippen molar-refractivity contribution in [3.8, 4) is 0 Å². The zero-order valence-electron chi connectivity index (χ0n) is 12.6. The smallest absolute Gasteiger partial charge is 0.251 e. The summed E-state index contributed by atoms with van der Waals surface area (Å²) in [5.74, 6) is -0.0510. The predicted octanol–water partition coefficient (Wildman–Crippen LogP) is 3.33. The SMILES string of the molecule is CCc1ccc(C(=O)NCc2ccccc2COC)cc1. The third-order valence-corrected chi connectivity index (χ3v) is 3.48. The molecule has 2 rings (SSSR count). The highest BCUT2D eigenvalue weighted by Gasteiger charge is 2.07. The van der Waals surface area contributed by atoms with Crippen LogP contribution in [0.2, 0.25) is 0 Å². The number of amides is 1. The molecule has 21 heavy (non-hydrogen) atoms. The highest BCUT2D eigenvalue weighted by molar-refractivity contribution is 5.94. The highest BCUT2D eigenvalue weighted by Crippen LogP contribution is 2.10. The van der Waals surface area contributed by atoms with Crippen LogP contribution in [0.3, 0.4) is 0 Å². The number of carbonyl (C=O) groups is 1. The van der Waals surface area contributed by atoms with Crippen molar-refractivity contribution in [1.82, 2.24) is 5.32 Å². The van der Waals surface area contributed by atoms with Gasteiger partial charge in [-0.3, -0.25) is 4.79 Å². The van der Waals surface area contributed by atoms with E-state index in [1.54, 1.807) is 7.11 Å². The van der Waals surface area contributed by atoms with E-state index in [1.165, 1.54) is 5.56 Å². The largest absolute Gasteiger partial charge is 0.380 e. The molecule has 0 bridgehead atoms. The maximum absolute atomic E-state index is 12.1. The van der Waals surface area contributed by atoms with Crippen LogP contribution in [-0.4, -0.2) is 13.0 Å². The summed E-state index contributed by atoms with van der Waals surface area (Å²) in [7, 11) is 1.67. The molecule has 2 aromatic rings. The number of aryl methyl sites for hydroxylation is 1. The van der Waals surface area contributed by atoms with Gasteiger partial charge in [0.1, 0.15) is 0 Å². The van der Waals surface area contributed by atoms with E-state index < -0.39 is 0 Å². The third-order valence-electron chi connectivity index (χ3n) is 3.48. The van der Waals surface area contributed by atoms with Crippen LogP contribution < -0.4 is 5.32 Å². The summed E-state index contributed by atoms with van der Waals surface area (Å²) in [4.78, 5) is 12.1. The molecule has 0 radical (unpaired) electrons. The molecule has 0 aliphatic rings. The maximum atomic E-state index is 12.1. The van der Waals surface area contributed by atoms with Gasteiger partial charge in [-0.15, -0.1) is 0 Å². The molecule has 0 spiro atoms. The van der Waals surface area contributed by atoms with Crippen LogP contribution in [0, 0.1) is 0 Å². The van der Waals surface area contributed by atoms with Gasteiger partial charge in [0.2, 0.25) is 0 Å². The summed E-state index contributed by atoms with van der Waals surface area (Å²) in [5.41, 5.74) is 4.10. The fourth-order valence-corrected chi connectivity index (χ4v) is 2.20. The van der Waals surface area contributed by atoms with Crippen molar-refractivity contribution < 1.29 is 9.53 Å². The zero-order valence-corrected chi connectivity index (χ0v) is 12.6. The number of hydrogen-bond donors (Lipinski definition) is 1. The molecule has 0 aliphatic carbocycles. The topological polar surface area (TPSA) is 38.3 Å². The van der Waals surface area contributed by atoms with E-state index in [0.717, 1.165) is 17.5 Å². The minimum absolute atomic E-state index is 0.0510. The molecule has 0 unspecified atom stereocenters. The van der Waals surface area contributed by atoms with Gasteiger partial charge in [0.05, 0.1) is 6.61 Å². The molecule has 0 aromatic heterocycles. The summed E-state index contributed by atoms with van der Waals surface area (Å²) >= 11 is 0. The average molecular weight is 283 g/mol. The first-order valence-electron chi connectivity index (χ1n) is 7.17. The van der Waals surface area contributed by atoms with Gasteiger partial charge in [0.25, 0.3) is 5.91 Å². The standard InChI is InChI=1S/C18H21NO2/c1-3-14-8-10-15(11-9-14)18(20)19-12-16-6-4-5-7-17(16)13-21-2/h4-11H,3,12-13H2,1-2H3,(H,19,20). The zero-order chi connectivity index (χ0) is 15.1. The molecule has 1 N–H and O–H groups in total. The summed E-state index contributed by atoms with van der Waals surface area (Å²) in [5, 5.41) is 2.96. The monoisotopic (exact) mass is 283 g/mol. The summed E-state index contributed by atoms with van der Waals surface area (Å²) in [6.45, 7) is 3.16. The van der Waals surface area contributed by atoms with Gasteiger partial charge in [0, 0.05) is 19.2 Å². The van der Waals surface area contributed by atoms with Gasteiger partial charge in [-0.25, -0.2) is 0 Å². The Bertz CT molecular complexity index is 590. The molecular formula is C18H21NO2. The normalized spacial score (nSPS) is 10.4. The van der Waals surface area contributed by atoms with Crippen LogP contribution in [0.15, 0.2) is 48.5 Å². The van der Waals surface area contributed by atoms with Gasteiger partial charge < -0.3 is 10.1 Å². The number of carbonyl (C=O) groups excluding carboxylic acids is 1. The number of hydrogen-bond acceptors (Lipinski definition) is 2. The second-order valence-corrected chi connectivity index (χ2v) is 4.93. The lowest BCUT2D eigenvalue weighted by atomic mass is 10.1. The molecule has 0 saturated heterocycles. The van der Waals surface area contributed by atoms with Crippen molar-refractivity contribution in [1.29, 1.82) is 0 Å². The minimum atomic E-state index is -0.0510. The lowest BCUT2D eigenvalue weighted by Gasteiger charge is -2.10. The minimum Gasteiger partial charge on any atom is -0.380 e. The van der Waals surface area contributed by atoms with Crippen molar-refractivity contribution in [2.75, 3.05) is 7.11 Å². The maximum Gasteiger partial charge on any atom is 0.251 e. The van der Waals surface area contributed by atoms with Crippen molar-refractivity contribution in [2.45, 2.75) is 26.5 Å². The van der Waals surface area contributed by atoms with Gasteiger partial charge >= 0.3 is 0 Å². The molecule has 0 atom stereocenters. The van der Waals surface area contributed by atoms with Crippen LogP contribution in [0.4, 0.5) is 0 Å². The first-order chi connectivity index (χ1) is 10.2. The van der Waals surface area contributed by atoms with Gasteiger partial charge in [-0.1, -0.05) is 43.3 Å². The van der Waals surface area contributed by atoms with Crippen LogP contribution >= 0.6 is 0 Å². The van der Waals surface area contributed by atoms with Crippen LogP contribution in [0.5, 0.6) is 0 Å². The molecule has 0 aliphatic heterocycles. The number of methoxy groups -OCH3 is 1. The fourth-order valence-electron chi connectivity index (χ4n) is 2.20. The molecular weight excluding hydrogens is 262 g/mol. The Kier molecular flexibility index (Phi) is 5.52. The Morgan fingerprint density at radius 1 is 1.05 bits per heavy atom. The van der Waals surface area contributed by atoms with E-state index in [-0.39, 0.29) is 5.91 Å². The first-order valence-corrected chi connectivity index (χ1v) is 7.17. The third kappa shape index (κ3) is 4.17. The number of rotatable bonds is 6. The molecule has 2 aromatic carbocycles. The number of ether oxygens (including phenoxy) is 1. The van der Waals surface area contributed by atoms with E-state index >= 15 is 0 Å². The van der Waals surface area contributed by atoms with E-state index in [2.05, 4.69) is 12.2 Å². The lowest BCUT2D eigenvalue weighted by molar-refractivity contribution is 0.0950. The average Bonchev–Trinajstić information content (AvgIpc) is 2.54. The Morgan fingerprint density at radius 3 is 2.33 bits per heavy atom. The first kappa shape index (κ1) is 15.3. The lowest BCUT2D eigenvalue weighted by Crippen LogP contribution is -2.23. The van der Waals surface area contributed by atoms with E-state index in [4.69, 9.17) is 4.74 Å². The Hall–Kier alpha value is -2.13. The van der Waals surface area contributed by atoms with Crippen LogP contribution in [-0.2, 0) is 24.3 Å². The van der Waals surface area contributed by atoms with Gasteiger partial charge in [0.15, 0.2) is 0 Å². The Balaban J connectivity index is 2.00. The predicted molar refractivity (Wildman–Crippen MR) is 84.1 cm³/mol. The molecule has 110 valence electrons. The van der Waals surface area contributed by atoms with Crippen molar-refractivity contribution in [3.05, 3.63) is 70.8 Å². The summed E-state index contributed by atoms with van der Waals surface area (Å²) < 4.78 is 5.17. The Morgan fingerprint density at radius 2 is 1.71 bits per heavy atom. The number of nitrogens with one attached hydrogen (secondary N) is 1. The van der Waals surface area contributed by atoms with E-state index in [0.29, 0.717) is 18.7 Å². The van der Waals surface area contributed by atoms with Gasteiger partial charge in [-0.05, 0) is 35.2 Å². The van der Waals surface area contributed by atoms with Crippen LogP contribution in [0.25, 0.3) is 0 Å². The van der Waals surface area contributed by atoms with Crippen molar-refractivity contribution in [2.24, 2.45) is 0 Å². The highest BCUT2D eigenvalue weighted by atomic mass is 16.5. The molecule has 3 nitrogen and oxygen atoms in total. The molecule has 0 fully saturated rings. The quantitative estimate of drug-likeness (QED) is 0.883.